The number of alkyl carbamates (subject to hydrolysis) is 1. The van der Waals surface area contributed by atoms with Crippen LogP contribution in [0.5, 0.6) is 0 Å². The Morgan fingerprint density at radius 2 is 1.92 bits per heavy atom. The molecule has 3 aliphatic heterocycles. The fourth-order valence-electron chi connectivity index (χ4n) is 4.60. The third kappa shape index (κ3) is 10.6. The van der Waals surface area contributed by atoms with Gasteiger partial charge >= 0.3 is 6.09 Å². The van der Waals surface area contributed by atoms with E-state index in [1.807, 2.05) is 13.8 Å². The average Bonchev–Trinajstić information content (AvgIpc) is 3.57. The van der Waals surface area contributed by atoms with Crippen molar-refractivity contribution in [3.63, 3.8) is 0 Å². The molecule has 3 heterocycles. The molecule has 0 bridgehead atoms. The summed E-state index contributed by atoms with van der Waals surface area (Å²) in [6.07, 6.45) is 12.2. The maximum Gasteiger partial charge on any atom is 0.407 e. The van der Waals surface area contributed by atoms with Crippen molar-refractivity contribution in [3.05, 3.63) is 36.0 Å². The first-order chi connectivity index (χ1) is 17.6. The van der Waals surface area contributed by atoms with Crippen molar-refractivity contribution < 1.29 is 33.3 Å². The van der Waals surface area contributed by atoms with E-state index in [1.54, 1.807) is 13.0 Å². The van der Waals surface area contributed by atoms with E-state index < -0.39 is 12.2 Å². The Morgan fingerprint density at radius 3 is 2.59 bits per heavy atom. The maximum absolute atomic E-state index is 12.2. The van der Waals surface area contributed by atoms with Crippen LogP contribution in [0.4, 0.5) is 4.79 Å². The summed E-state index contributed by atoms with van der Waals surface area (Å²) in [5.41, 5.74) is 0.945. The number of nitrogens with one attached hydrogen (secondary N) is 2. The number of hydrogen-bond acceptors (Lipinski definition) is 7. The summed E-state index contributed by atoms with van der Waals surface area (Å²) in [5.74, 6) is -0.287. The van der Waals surface area contributed by atoms with E-state index in [9.17, 15) is 9.59 Å². The molecule has 9 nitrogen and oxygen atoms in total. The lowest BCUT2D eigenvalue weighted by atomic mass is 9.85. The molecule has 208 valence electrons. The van der Waals surface area contributed by atoms with Crippen LogP contribution in [0.1, 0.15) is 66.7 Å². The topological polar surface area (TPSA) is 108 Å². The molecule has 3 fully saturated rings. The summed E-state index contributed by atoms with van der Waals surface area (Å²) < 4.78 is 28.6. The molecule has 0 aliphatic carbocycles. The van der Waals surface area contributed by atoms with Crippen LogP contribution < -0.4 is 10.6 Å². The van der Waals surface area contributed by atoms with Gasteiger partial charge in [-0.1, -0.05) is 37.1 Å². The van der Waals surface area contributed by atoms with Crippen molar-refractivity contribution in [1.29, 1.82) is 0 Å². The summed E-state index contributed by atoms with van der Waals surface area (Å²) in [6, 6.07) is -0.240. The van der Waals surface area contributed by atoms with Crippen molar-refractivity contribution in [3.8, 4) is 0 Å². The number of allylic oxidation sites excluding steroid dienone is 2. The minimum absolute atomic E-state index is 0.0103. The van der Waals surface area contributed by atoms with E-state index in [1.165, 1.54) is 6.08 Å². The number of carbonyl (C=O) groups is 2. The second-order valence-electron chi connectivity index (χ2n) is 10.9. The first kappa shape index (κ1) is 29.4. The standard InChI is InChI=1S/C28H44N2O7/c1-6-7-14-29-26(32)36-21(3)10-12-24(31)30-22-16-33-25(34-17-22)13-9-20(2)8-11-23-15-28(19-35-28)18-27(4,5)37-23/h8-12,21-23,25H,6-7,13-19H2,1-5H3,(H,29,32)(H,30,31)/b11-8+,12-10-,20-9+/t21-,22-,23+,25+,28+/m0/s1. The smallest absolute Gasteiger partial charge is 0.407 e. The van der Waals surface area contributed by atoms with Crippen LogP contribution in [0.2, 0.25) is 0 Å². The van der Waals surface area contributed by atoms with Crippen LogP contribution in [0.3, 0.4) is 0 Å². The minimum atomic E-state index is -0.515. The number of ether oxygens (including phenoxy) is 5. The van der Waals surface area contributed by atoms with E-state index >= 15 is 0 Å². The molecular formula is C28H44N2O7. The van der Waals surface area contributed by atoms with Crippen LogP contribution in [-0.2, 0) is 28.5 Å². The Balaban J connectivity index is 1.32. The second-order valence-corrected chi connectivity index (χ2v) is 10.9. The van der Waals surface area contributed by atoms with Crippen LogP contribution in [0, 0.1) is 0 Å². The largest absolute Gasteiger partial charge is 0.442 e. The second kappa shape index (κ2) is 13.6. The van der Waals surface area contributed by atoms with Crippen molar-refractivity contribution in [1.82, 2.24) is 10.6 Å². The fraction of sp³-hybridized carbons (Fsp3) is 0.714. The number of hydrogen-bond donors (Lipinski definition) is 2. The maximum atomic E-state index is 12.2. The molecular weight excluding hydrogens is 476 g/mol. The molecule has 3 aliphatic rings. The zero-order valence-corrected chi connectivity index (χ0v) is 22.9. The molecule has 3 atom stereocenters. The molecule has 9 heteroatoms. The summed E-state index contributed by atoms with van der Waals surface area (Å²) in [4.78, 5) is 23.9. The van der Waals surface area contributed by atoms with Crippen molar-refractivity contribution >= 4 is 12.0 Å². The lowest BCUT2D eigenvalue weighted by molar-refractivity contribution is -0.187. The zero-order valence-electron chi connectivity index (χ0n) is 22.9. The van der Waals surface area contributed by atoms with Crippen molar-refractivity contribution in [2.45, 2.75) is 102 Å². The number of unbranched alkanes of at least 4 members (excludes halogenated alkanes) is 1. The van der Waals surface area contributed by atoms with E-state index in [-0.39, 0.29) is 35.5 Å². The van der Waals surface area contributed by atoms with Gasteiger partial charge in [-0.05, 0) is 40.2 Å². The molecule has 3 saturated heterocycles. The van der Waals surface area contributed by atoms with Crippen molar-refractivity contribution in [2.24, 2.45) is 0 Å². The van der Waals surface area contributed by atoms with Gasteiger partial charge < -0.3 is 34.3 Å². The van der Waals surface area contributed by atoms with E-state index in [4.69, 9.17) is 23.7 Å². The van der Waals surface area contributed by atoms with Gasteiger partial charge in [0.05, 0.1) is 43.2 Å². The number of carbonyl (C=O) groups excluding carboxylic acids is 2. The third-order valence-corrected chi connectivity index (χ3v) is 6.47. The molecule has 0 aromatic carbocycles. The van der Waals surface area contributed by atoms with Gasteiger partial charge in [-0.15, -0.1) is 0 Å². The first-order valence-electron chi connectivity index (χ1n) is 13.4. The molecule has 0 unspecified atom stereocenters. The monoisotopic (exact) mass is 520 g/mol. The predicted octanol–water partition coefficient (Wildman–Crippen LogP) is 3.93. The molecule has 2 amide bonds. The molecule has 37 heavy (non-hydrogen) atoms. The summed E-state index contributed by atoms with van der Waals surface area (Å²) >= 11 is 0. The average molecular weight is 521 g/mol. The highest BCUT2D eigenvalue weighted by Crippen LogP contribution is 2.46. The Kier molecular flexibility index (Phi) is 10.8. The summed E-state index contributed by atoms with van der Waals surface area (Å²) in [5, 5.41) is 5.52. The lowest BCUT2D eigenvalue weighted by Gasteiger charge is -2.38. The van der Waals surface area contributed by atoms with E-state index in [0.717, 1.165) is 37.9 Å². The first-order valence-corrected chi connectivity index (χ1v) is 13.4. The van der Waals surface area contributed by atoms with Gasteiger partial charge in [0.1, 0.15) is 6.10 Å². The van der Waals surface area contributed by atoms with Gasteiger partial charge in [0.25, 0.3) is 0 Å². The quantitative estimate of drug-likeness (QED) is 0.184. The van der Waals surface area contributed by atoms with Crippen LogP contribution in [0.25, 0.3) is 0 Å². The number of rotatable bonds is 11. The van der Waals surface area contributed by atoms with Crippen LogP contribution in [-0.4, -0.2) is 74.1 Å². The number of epoxide rings is 1. The van der Waals surface area contributed by atoms with Gasteiger partial charge in [-0.2, -0.15) is 0 Å². The zero-order chi connectivity index (χ0) is 26.9. The van der Waals surface area contributed by atoms with E-state index in [2.05, 4.69) is 42.7 Å². The molecule has 0 aromatic rings. The molecule has 3 rings (SSSR count). The lowest BCUT2D eigenvalue weighted by Crippen LogP contribution is -2.46. The Hall–Kier alpha value is -2.20. The minimum Gasteiger partial charge on any atom is -0.442 e. The van der Waals surface area contributed by atoms with E-state index in [0.29, 0.717) is 26.2 Å². The number of amides is 2. The summed E-state index contributed by atoms with van der Waals surface area (Å²) in [6.45, 7) is 12.2. The SMILES string of the molecule is CCCCNC(=O)O[C@@H](C)/C=C\C(=O)N[C@H]1CO[C@@H](C/C=C(C)/C=C/[C@@H]2C[C@]3(CO3)CC(C)(C)O2)OC1. The van der Waals surface area contributed by atoms with Gasteiger partial charge in [0.2, 0.25) is 5.91 Å². The van der Waals surface area contributed by atoms with Gasteiger partial charge in [-0.3, -0.25) is 4.79 Å². The van der Waals surface area contributed by atoms with Gasteiger partial charge in [-0.25, -0.2) is 4.79 Å². The molecule has 2 N–H and O–H groups in total. The van der Waals surface area contributed by atoms with Crippen molar-refractivity contribution in [2.75, 3.05) is 26.4 Å². The molecule has 0 radical (unpaired) electrons. The fourth-order valence-corrected chi connectivity index (χ4v) is 4.60. The van der Waals surface area contributed by atoms with Crippen LogP contribution in [0.15, 0.2) is 36.0 Å². The van der Waals surface area contributed by atoms with Gasteiger partial charge in [0, 0.05) is 31.9 Å². The molecule has 0 aromatic heterocycles. The highest BCUT2D eigenvalue weighted by molar-refractivity contribution is 5.87. The third-order valence-electron chi connectivity index (χ3n) is 6.47. The normalized spacial score (nSPS) is 30.4. The highest BCUT2D eigenvalue weighted by atomic mass is 16.7. The van der Waals surface area contributed by atoms with Crippen LogP contribution >= 0.6 is 0 Å². The Bertz CT molecular complexity index is 849. The molecule has 1 spiro atoms. The summed E-state index contributed by atoms with van der Waals surface area (Å²) in [7, 11) is 0. The van der Waals surface area contributed by atoms with Gasteiger partial charge in [0.15, 0.2) is 6.29 Å². The molecule has 0 saturated carbocycles. The Labute approximate surface area is 220 Å². The Morgan fingerprint density at radius 1 is 1.19 bits per heavy atom. The predicted molar refractivity (Wildman–Crippen MR) is 140 cm³/mol. The highest BCUT2D eigenvalue weighted by Gasteiger charge is 2.53.